The Morgan fingerprint density at radius 1 is 1.23 bits per heavy atom. The standard InChI is InChI=1S/C17H27NO2S2/c1-17(2,22-21-13-7-6-12-19)11-10-16(20)18-14-15-8-4-3-5-9-15/h3-5,8-9,19H,6-7,10-14H2,1-2H3,(H,18,20). The highest BCUT2D eigenvalue weighted by molar-refractivity contribution is 8.77. The lowest BCUT2D eigenvalue weighted by atomic mass is 10.1. The van der Waals surface area contributed by atoms with E-state index in [-0.39, 0.29) is 17.3 Å². The number of hydrogen-bond acceptors (Lipinski definition) is 4. The van der Waals surface area contributed by atoms with Crippen molar-refractivity contribution in [3.05, 3.63) is 35.9 Å². The topological polar surface area (TPSA) is 49.3 Å². The number of carbonyl (C=O) groups is 1. The van der Waals surface area contributed by atoms with Crippen LogP contribution in [0.2, 0.25) is 0 Å². The van der Waals surface area contributed by atoms with E-state index in [0.717, 1.165) is 30.6 Å². The summed E-state index contributed by atoms with van der Waals surface area (Å²) in [4.78, 5) is 11.9. The minimum Gasteiger partial charge on any atom is -0.396 e. The fraction of sp³-hybridized carbons (Fsp3) is 0.588. The number of hydrogen-bond donors (Lipinski definition) is 2. The summed E-state index contributed by atoms with van der Waals surface area (Å²) in [6.45, 7) is 5.24. The largest absolute Gasteiger partial charge is 0.396 e. The lowest BCUT2D eigenvalue weighted by Crippen LogP contribution is -2.25. The van der Waals surface area contributed by atoms with Gasteiger partial charge in [-0.25, -0.2) is 0 Å². The molecule has 0 aliphatic carbocycles. The molecule has 1 aromatic carbocycles. The first kappa shape index (κ1) is 19.4. The Morgan fingerprint density at radius 2 is 1.95 bits per heavy atom. The van der Waals surface area contributed by atoms with E-state index in [1.54, 1.807) is 0 Å². The van der Waals surface area contributed by atoms with Gasteiger partial charge in [0.2, 0.25) is 5.91 Å². The molecule has 0 aliphatic rings. The Labute approximate surface area is 142 Å². The van der Waals surface area contributed by atoms with E-state index in [0.29, 0.717) is 13.0 Å². The summed E-state index contributed by atoms with van der Waals surface area (Å²) < 4.78 is 0.0912. The van der Waals surface area contributed by atoms with Gasteiger partial charge in [0, 0.05) is 30.1 Å². The number of amides is 1. The van der Waals surface area contributed by atoms with Crippen molar-refractivity contribution in [1.29, 1.82) is 0 Å². The summed E-state index contributed by atoms with van der Waals surface area (Å²) in [5.74, 6) is 1.16. The first-order chi connectivity index (χ1) is 10.5. The van der Waals surface area contributed by atoms with Crippen LogP contribution in [-0.2, 0) is 11.3 Å². The molecule has 0 saturated heterocycles. The van der Waals surface area contributed by atoms with Gasteiger partial charge >= 0.3 is 0 Å². The second kappa shape index (κ2) is 11.0. The summed E-state index contributed by atoms with van der Waals surface area (Å²) in [5, 5.41) is 11.7. The number of nitrogens with one attached hydrogen (secondary N) is 1. The van der Waals surface area contributed by atoms with Crippen molar-refractivity contribution in [2.45, 2.75) is 50.8 Å². The fourth-order valence-electron chi connectivity index (χ4n) is 1.82. The summed E-state index contributed by atoms with van der Waals surface area (Å²) in [6, 6.07) is 9.97. The molecule has 0 heterocycles. The van der Waals surface area contributed by atoms with Crippen molar-refractivity contribution in [3.8, 4) is 0 Å². The predicted molar refractivity (Wildman–Crippen MR) is 98.0 cm³/mol. The molecular formula is C17H27NO2S2. The monoisotopic (exact) mass is 341 g/mol. The summed E-state index contributed by atoms with van der Waals surface area (Å²) in [7, 11) is 3.68. The third-order valence-electron chi connectivity index (χ3n) is 3.21. The van der Waals surface area contributed by atoms with Crippen LogP contribution in [0.15, 0.2) is 30.3 Å². The van der Waals surface area contributed by atoms with Crippen LogP contribution >= 0.6 is 21.6 Å². The van der Waals surface area contributed by atoms with Gasteiger partial charge in [-0.1, -0.05) is 51.9 Å². The molecule has 22 heavy (non-hydrogen) atoms. The molecule has 0 atom stereocenters. The number of rotatable bonds is 11. The van der Waals surface area contributed by atoms with Crippen molar-refractivity contribution < 1.29 is 9.90 Å². The highest BCUT2D eigenvalue weighted by atomic mass is 33.1. The second-order valence-corrected chi connectivity index (χ2v) is 8.98. The third-order valence-corrected chi connectivity index (χ3v) is 6.64. The van der Waals surface area contributed by atoms with E-state index < -0.39 is 0 Å². The van der Waals surface area contributed by atoms with E-state index in [2.05, 4.69) is 19.2 Å². The summed E-state index contributed by atoms with van der Waals surface area (Å²) >= 11 is 0. The average Bonchev–Trinajstić information content (AvgIpc) is 2.52. The van der Waals surface area contributed by atoms with E-state index in [9.17, 15) is 4.79 Å². The van der Waals surface area contributed by atoms with Crippen LogP contribution in [0, 0.1) is 0 Å². The van der Waals surface area contributed by atoms with E-state index in [1.165, 1.54) is 0 Å². The maximum absolute atomic E-state index is 11.9. The normalized spacial score (nSPS) is 11.4. The lowest BCUT2D eigenvalue weighted by molar-refractivity contribution is -0.121. The Balaban J connectivity index is 2.16. The number of aliphatic hydroxyl groups is 1. The molecule has 0 spiro atoms. The van der Waals surface area contributed by atoms with Gasteiger partial charge in [-0.15, -0.1) is 0 Å². The molecule has 0 fully saturated rings. The molecule has 3 nitrogen and oxygen atoms in total. The van der Waals surface area contributed by atoms with Gasteiger partial charge in [-0.3, -0.25) is 4.79 Å². The average molecular weight is 342 g/mol. The molecule has 1 rings (SSSR count). The van der Waals surface area contributed by atoms with Crippen LogP contribution in [0.25, 0.3) is 0 Å². The smallest absolute Gasteiger partial charge is 0.220 e. The summed E-state index contributed by atoms with van der Waals surface area (Å²) in [5.41, 5.74) is 1.13. The maximum Gasteiger partial charge on any atom is 0.220 e. The first-order valence-electron chi connectivity index (χ1n) is 7.75. The van der Waals surface area contributed by atoms with Crippen molar-refractivity contribution in [2.75, 3.05) is 12.4 Å². The molecule has 0 aromatic heterocycles. The quantitative estimate of drug-likeness (QED) is 0.471. The predicted octanol–water partition coefficient (Wildman–Crippen LogP) is 4.02. The van der Waals surface area contributed by atoms with Gasteiger partial charge in [-0.05, 0) is 38.7 Å². The van der Waals surface area contributed by atoms with Crippen LogP contribution in [0.4, 0.5) is 0 Å². The first-order valence-corrected chi connectivity index (χ1v) is 10.1. The van der Waals surface area contributed by atoms with Crippen molar-refractivity contribution in [3.63, 3.8) is 0 Å². The third kappa shape index (κ3) is 9.38. The number of carbonyl (C=O) groups excluding carboxylic acids is 1. The fourth-order valence-corrected chi connectivity index (χ4v) is 4.54. The Morgan fingerprint density at radius 3 is 2.64 bits per heavy atom. The van der Waals surface area contributed by atoms with Crippen LogP contribution in [-0.4, -0.2) is 28.1 Å². The molecular weight excluding hydrogens is 314 g/mol. The molecule has 1 aromatic rings. The number of aliphatic hydroxyl groups excluding tert-OH is 1. The van der Waals surface area contributed by atoms with Crippen molar-refractivity contribution in [2.24, 2.45) is 0 Å². The van der Waals surface area contributed by atoms with Crippen LogP contribution < -0.4 is 5.32 Å². The molecule has 124 valence electrons. The van der Waals surface area contributed by atoms with Gasteiger partial charge in [0.25, 0.3) is 0 Å². The minimum atomic E-state index is 0.0912. The zero-order chi connectivity index (χ0) is 16.3. The molecule has 0 unspecified atom stereocenters. The van der Waals surface area contributed by atoms with Gasteiger partial charge in [0.1, 0.15) is 0 Å². The maximum atomic E-state index is 11.9. The molecule has 5 heteroatoms. The van der Waals surface area contributed by atoms with Gasteiger partial charge in [0.15, 0.2) is 0 Å². The molecule has 0 aliphatic heterocycles. The Hall–Kier alpha value is -0.650. The number of benzene rings is 1. The van der Waals surface area contributed by atoms with Gasteiger partial charge in [-0.2, -0.15) is 0 Å². The van der Waals surface area contributed by atoms with E-state index >= 15 is 0 Å². The van der Waals surface area contributed by atoms with Gasteiger partial charge in [0.05, 0.1) is 0 Å². The Bertz CT molecular complexity index is 424. The molecule has 2 N–H and O–H groups in total. The van der Waals surface area contributed by atoms with Crippen molar-refractivity contribution in [1.82, 2.24) is 5.32 Å². The zero-order valence-corrected chi connectivity index (χ0v) is 15.1. The van der Waals surface area contributed by atoms with Crippen LogP contribution in [0.5, 0.6) is 0 Å². The second-order valence-electron chi connectivity index (χ2n) is 5.86. The zero-order valence-electron chi connectivity index (χ0n) is 13.5. The van der Waals surface area contributed by atoms with E-state index in [1.807, 2.05) is 51.9 Å². The SMILES string of the molecule is CC(C)(CCC(=O)NCc1ccccc1)SSCCCCO. The highest BCUT2D eigenvalue weighted by Crippen LogP contribution is 2.39. The van der Waals surface area contributed by atoms with Gasteiger partial charge < -0.3 is 10.4 Å². The van der Waals surface area contributed by atoms with Crippen molar-refractivity contribution >= 4 is 27.5 Å². The minimum absolute atomic E-state index is 0.0912. The molecule has 1 amide bonds. The number of unbranched alkanes of at least 4 members (excludes halogenated alkanes) is 1. The van der Waals surface area contributed by atoms with Crippen LogP contribution in [0.3, 0.4) is 0 Å². The highest BCUT2D eigenvalue weighted by Gasteiger charge is 2.20. The van der Waals surface area contributed by atoms with Crippen LogP contribution in [0.1, 0.15) is 45.1 Å². The molecule has 0 bridgehead atoms. The van der Waals surface area contributed by atoms with E-state index in [4.69, 9.17) is 5.11 Å². The lowest BCUT2D eigenvalue weighted by Gasteiger charge is -2.22. The Kier molecular flexibility index (Phi) is 9.68. The molecule has 0 saturated carbocycles. The molecule has 0 radical (unpaired) electrons. The summed E-state index contributed by atoms with van der Waals surface area (Å²) in [6.07, 6.45) is 3.34.